The molecule has 76 valence electrons. The van der Waals surface area contributed by atoms with Crippen molar-refractivity contribution in [3.05, 3.63) is 0 Å². The highest BCUT2D eigenvalue weighted by molar-refractivity contribution is 5.74. The van der Waals surface area contributed by atoms with Gasteiger partial charge in [0.15, 0.2) is 0 Å². The fourth-order valence-corrected chi connectivity index (χ4v) is 0.651. The molecule has 1 aliphatic rings. The van der Waals surface area contributed by atoms with Gasteiger partial charge >= 0.3 is 5.97 Å². The second-order valence-electron chi connectivity index (χ2n) is 4.78. The minimum absolute atomic E-state index is 0.00380. The van der Waals surface area contributed by atoms with Gasteiger partial charge in [-0.3, -0.25) is 4.89 Å². The highest BCUT2D eigenvalue weighted by Crippen LogP contribution is 2.31. The first-order valence-corrected chi connectivity index (χ1v) is 4.78. The summed E-state index contributed by atoms with van der Waals surface area (Å²) < 4.78 is 0. The van der Waals surface area contributed by atoms with Gasteiger partial charge in [-0.25, -0.2) is 4.79 Å². The van der Waals surface area contributed by atoms with Crippen molar-refractivity contribution < 1.29 is 14.6 Å². The van der Waals surface area contributed by atoms with Crippen LogP contribution in [0.15, 0.2) is 0 Å². The first-order chi connectivity index (χ1) is 5.91. The summed E-state index contributed by atoms with van der Waals surface area (Å²) in [5, 5.41) is 0. The van der Waals surface area contributed by atoms with E-state index in [4.69, 9.17) is 9.78 Å². The van der Waals surface area contributed by atoms with Crippen molar-refractivity contribution in [1.82, 2.24) is 0 Å². The van der Waals surface area contributed by atoms with Gasteiger partial charge in [0.2, 0.25) is 0 Å². The fourth-order valence-electron chi connectivity index (χ4n) is 0.651. The number of rotatable bonds is 3. The molecule has 0 radical (unpaired) electrons. The van der Waals surface area contributed by atoms with Crippen molar-refractivity contribution in [3.8, 4) is 0 Å². The second-order valence-corrected chi connectivity index (χ2v) is 4.78. The molecule has 0 aromatic heterocycles. The van der Waals surface area contributed by atoms with E-state index in [1.165, 1.54) is 0 Å². The Balaban J connectivity index is 2.21. The molecule has 0 aromatic rings. The first kappa shape index (κ1) is 10.5. The van der Waals surface area contributed by atoms with Gasteiger partial charge in [-0.2, -0.15) is 4.89 Å². The molecule has 0 heterocycles. The number of hydrogen-bond acceptors (Lipinski definition) is 3. The average Bonchev–Trinajstić information content (AvgIpc) is 2.79. The third kappa shape index (κ3) is 3.35. The molecule has 1 rings (SSSR count). The van der Waals surface area contributed by atoms with Gasteiger partial charge < -0.3 is 0 Å². The van der Waals surface area contributed by atoms with Crippen LogP contribution in [0.5, 0.6) is 0 Å². The third-order valence-corrected chi connectivity index (χ3v) is 2.40. The number of carbonyl (C=O) groups excluding carboxylic acids is 1. The zero-order valence-electron chi connectivity index (χ0n) is 8.79. The van der Waals surface area contributed by atoms with E-state index >= 15 is 0 Å². The Labute approximate surface area is 79.3 Å². The largest absolute Gasteiger partial charge is 0.345 e. The smallest absolute Gasteiger partial charge is 0.298 e. The summed E-state index contributed by atoms with van der Waals surface area (Å²) in [6.07, 6.45) is 1.83. The summed E-state index contributed by atoms with van der Waals surface area (Å²) in [6.45, 7) is 8.04. The predicted molar refractivity (Wildman–Crippen MR) is 48.8 cm³/mol. The minimum atomic E-state index is -0.212. The van der Waals surface area contributed by atoms with Gasteiger partial charge in [0.25, 0.3) is 0 Å². The molecule has 1 aliphatic carbocycles. The highest BCUT2D eigenvalue weighted by atomic mass is 17.2. The molecular formula is C10H18O3. The molecule has 0 saturated heterocycles. The topological polar surface area (TPSA) is 35.5 Å². The van der Waals surface area contributed by atoms with Crippen LogP contribution in [0.3, 0.4) is 0 Å². The summed E-state index contributed by atoms with van der Waals surface area (Å²) in [5.74, 6) is -0.108. The van der Waals surface area contributed by atoms with Crippen LogP contribution in [-0.4, -0.2) is 12.1 Å². The molecule has 0 amide bonds. The van der Waals surface area contributed by atoms with Gasteiger partial charge in [0.05, 0.1) is 5.92 Å². The third-order valence-electron chi connectivity index (χ3n) is 2.40. The molecule has 1 fully saturated rings. The molecule has 3 nitrogen and oxygen atoms in total. The summed E-state index contributed by atoms with van der Waals surface area (Å²) in [5.41, 5.74) is 0.00380. The summed E-state index contributed by atoms with van der Waals surface area (Å²) in [7, 11) is 0. The normalized spacial score (nSPS) is 19.7. The molecule has 1 atom stereocenters. The fraction of sp³-hybridized carbons (Fsp3) is 0.900. The molecule has 0 spiro atoms. The van der Waals surface area contributed by atoms with E-state index in [2.05, 4.69) is 0 Å². The quantitative estimate of drug-likeness (QED) is 0.501. The van der Waals surface area contributed by atoms with Crippen LogP contribution >= 0.6 is 0 Å². The Morgan fingerprint density at radius 1 is 1.38 bits per heavy atom. The van der Waals surface area contributed by atoms with Crippen molar-refractivity contribution in [2.45, 2.75) is 46.6 Å². The van der Waals surface area contributed by atoms with E-state index < -0.39 is 0 Å². The Bertz CT molecular complexity index is 189. The maximum absolute atomic E-state index is 11.1. The molecule has 0 bridgehead atoms. The van der Waals surface area contributed by atoms with Gasteiger partial charge in [0, 0.05) is 0 Å². The number of hydrogen-bond donors (Lipinski definition) is 0. The average molecular weight is 186 g/mol. The second kappa shape index (κ2) is 3.66. The Hall–Kier alpha value is -0.570. The van der Waals surface area contributed by atoms with Gasteiger partial charge in [0.1, 0.15) is 6.10 Å². The van der Waals surface area contributed by atoms with Crippen LogP contribution in [-0.2, 0) is 14.6 Å². The molecule has 13 heavy (non-hydrogen) atoms. The molecule has 1 saturated carbocycles. The van der Waals surface area contributed by atoms with E-state index in [9.17, 15) is 4.79 Å². The molecule has 1 unspecified atom stereocenters. The lowest BCUT2D eigenvalue weighted by Gasteiger charge is -2.24. The van der Waals surface area contributed by atoms with Gasteiger partial charge in [-0.1, -0.05) is 20.8 Å². The standard InChI is InChI=1S/C10H18O3/c1-7(10(2,3)4)12-13-9(11)8-5-6-8/h7-8H,5-6H2,1-4H3. The van der Waals surface area contributed by atoms with Crippen LogP contribution in [0, 0.1) is 11.3 Å². The molecule has 0 N–H and O–H groups in total. The summed E-state index contributed by atoms with van der Waals surface area (Å²) in [6, 6.07) is 0. The van der Waals surface area contributed by atoms with E-state index in [0.717, 1.165) is 12.8 Å². The SMILES string of the molecule is CC(OOC(=O)C1CC1)C(C)(C)C. The summed E-state index contributed by atoms with van der Waals surface area (Å²) >= 11 is 0. The monoisotopic (exact) mass is 186 g/mol. The van der Waals surface area contributed by atoms with E-state index in [1.54, 1.807) is 0 Å². The van der Waals surface area contributed by atoms with Crippen molar-refractivity contribution in [2.24, 2.45) is 11.3 Å². The van der Waals surface area contributed by atoms with Crippen molar-refractivity contribution >= 4 is 5.97 Å². The van der Waals surface area contributed by atoms with Gasteiger partial charge in [-0.15, -0.1) is 0 Å². The number of carbonyl (C=O) groups is 1. The van der Waals surface area contributed by atoms with Crippen LogP contribution in [0.2, 0.25) is 0 Å². The van der Waals surface area contributed by atoms with Crippen LogP contribution in [0.4, 0.5) is 0 Å². The Morgan fingerprint density at radius 3 is 2.31 bits per heavy atom. The van der Waals surface area contributed by atoms with E-state index in [-0.39, 0.29) is 23.4 Å². The predicted octanol–water partition coefficient (Wildman–Crippen LogP) is 2.31. The Kier molecular flexibility index (Phi) is 2.96. The maximum Gasteiger partial charge on any atom is 0.345 e. The molecule has 0 aromatic carbocycles. The Morgan fingerprint density at radius 2 is 1.92 bits per heavy atom. The van der Waals surface area contributed by atoms with E-state index in [1.807, 2.05) is 27.7 Å². The van der Waals surface area contributed by atoms with E-state index in [0.29, 0.717) is 0 Å². The maximum atomic E-state index is 11.1. The molecule has 0 aliphatic heterocycles. The summed E-state index contributed by atoms with van der Waals surface area (Å²) in [4.78, 5) is 20.8. The van der Waals surface area contributed by atoms with Crippen LogP contribution < -0.4 is 0 Å². The van der Waals surface area contributed by atoms with Crippen LogP contribution in [0.1, 0.15) is 40.5 Å². The van der Waals surface area contributed by atoms with Crippen molar-refractivity contribution in [1.29, 1.82) is 0 Å². The zero-order valence-corrected chi connectivity index (χ0v) is 8.79. The lowest BCUT2D eigenvalue weighted by Crippen LogP contribution is -2.27. The molecule has 3 heteroatoms. The lowest BCUT2D eigenvalue weighted by molar-refractivity contribution is -0.310. The first-order valence-electron chi connectivity index (χ1n) is 4.78. The van der Waals surface area contributed by atoms with Crippen LogP contribution in [0.25, 0.3) is 0 Å². The van der Waals surface area contributed by atoms with Crippen molar-refractivity contribution in [2.75, 3.05) is 0 Å². The lowest BCUT2D eigenvalue weighted by atomic mass is 9.91. The zero-order chi connectivity index (χ0) is 10.1. The van der Waals surface area contributed by atoms with Crippen molar-refractivity contribution in [3.63, 3.8) is 0 Å². The molecular weight excluding hydrogens is 168 g/mol. The van der Waals surface area contributed by atoms with Gasteiger partial charge in [-0.05, 0) is 25.2 Å². The minimum Gasteiger partial charge on any atom is -0.298 e. The highest BCUT2D eigenvalue weighted by Gasteiger charge is 2.33.